The average Bonchev–Trinajstić information content (AvgIpc) is 2.52. The van der Waals surface area contributed by atoms with Gasteiger partial charge in [-0.3, -0.25) is 0 Å². The van der Waals surface area contributed by atoms with E-state index >= 15 is 0 Å². The molecule has 0 aliphatic carbocycles. The van der Waals surface area contributed by atoms with Crippen molar-refractivity contribution in [3.05, 3.63) is 52.7 Å². The summed E-state index contributed by atoms with van der Waals surface area (Å²) in [5.41, 5.74) is 10.9. The van der Waals surface area contributed by atoms with Crippen molar-refractivity contribution in [1.82, 2.24) is 15.0 Å². The number of nitrogen functional groups attached to an aromatic ring is 1. The molecule has 0 bridgehead atoms. The van der Waals surface area contributed by atoms with Crippen LogP contribution >= 0.6 is 0 Å². The van der Waals surface area contributed by atoms with E-state index < -0.39 is 0 Å². The van der Waals surface area contributed by atoms with E-state index in [1.54, 1.807) is 7.11 Å². The highest BCUT2D eigenvalue weighted by molar-refractivity contribution is 5.89. The molecular formula is C18H21N5O. The highest BCUT2D eigenvalue weighted by Gasteiger charge is 2.09. The molecule has 6 heteroatoms. The lowest BCUT2D eigenvalue weighted by Crippen LogP contribution is -2.07. The Balaban J connectivity index is 1.84. The number of anilines is 2. The zero-order valence-corrected chi connectivity index (χ0v) is 14.1. The molecule has 0 aliphatic heterocycles. The number of pyridine rings is 1. The van der Waals surface area contributed by atoms with Gasteiger partial charge >= 0.3 is 0 Å². The van der Waals surface area contributed by atoms with Crippen LogP contribution in [-0.4, -0.2) is 22.1 Å². The van der Waals surface area contributed by atoms with E-state index in [9.17, 15) is 0 Å². The number of ether oxygens (including phenoxy) is 1. The molecule has 1 aromatic carbocycles. The number of aryl methyl sites for hydroxylation is 2. The van der Waals surface area contributed by atoms with E-state index in [0.717, 1.165) is 27.8 Å². The van der Waals surface area contributed by atoms with E-state index in [2.05, 4.69) is 26.3 Å². The van der Waals surface area contributed by atoms with Crippen LogP contribution in [0.25, 0.3) is 11.0 Å². The van der Waals surface area contributed by atoms with Crippen molar-refractivity contribution in [2.45, 2.75) is 27.0 Å². The largest absolute Gasteiger partial charge is 0.383 e. The molecule has 3 rings (SSSR count). The van der Waals surface area contributed by atoms with Crippen LogP contribution < -0.4 is 11.1 Å². The summed E-state index contributed by atoms with van der Waals surface area (Å²) in [6.07, 6.45) is 0. The summed E-state index contributed by atoms with van der Waals surface area (Å²) in [7, 11) is 1.69. The number of aromatic nitrogens is 3. The van der Waals surface area contributed by atoms with Gasteiger partial charge in [-0.15, -0.1) is 0 Å². The molecule has 0 saturated heterocycles. The first-order valence-electron chi connectivity index (χ1n) is 7.79. The van der Waals surface area contributed by atoms with Crippen LogP contribution in [0.5, 0.6) is 0 Å². The second-order valence-corrected chi connectivity index (χ2v) is 5.82. The lowest BCUT2D eigenvalue weighted by Gasteiger charge is -2.10. The van der Waals surface area contributed by atoms with Gasteiger partial charge in [0.25, 0.3) is 0 Å². The molecule has 0 amide bonds. The fraction of sp³-hybridized carbons (Fsp3) is 0.278. The molecule has 6 nitrogen and oxygen atoms in total. The molecule has 3 aromatic rings. The van der Waals surface area contributed by atoms with Crippen LogP contribution in [0.15, 0.2) is 30.3 Å². The predicted molar refractivity (Wildman–Crippen MR) is 95.7 cm³/mol. The first kappa shape index (κ1) is 16.1. The van der Waals surface area contributed by atoms with Crippen LogP contribution in [0.3, 0.4) is 0 Å². The molecule has 2 aromatic heterocycles. The number of nitrogens with two attached hydrogens (primary N) is 1. The molecule has 0 aliphatic rings. The van der Waals surface area contributed by atoms with Gasteiger partial charge in [-0.25, -0.2) is 4.98 Å². The summed E-state index contributed by atoms with van der Waals surface area (Å²) in [6.45, 7) is 5.13. The summed E-state index contributed by atoms with van der Waals surface area (Å²) in [6, 6.07) is 10.2. The smallest absolute Gasteiger partial charge is 0.226 e. The van der Waals surface area contributed by atoms with Crippen molar-refractivity contribution in [2.24, 2.45) is 0 Å². The SMILES string of the molecule is COCc1cccc(CNc2nc(N)c3c(C)cc(C)nc3n2)c1. The summed E-state index contributed by atoms with van der Waals surface area (Å²) < 4.78 is 5.16. The maximum Gasteiger partial charge on any atom is 0.226 e. The number of benzene rings is 1. The third kappa shape index (κ3) is 3.44. The van der Waals surface area contributed by atoms with Gasteiger partial charge in [-0.1, -0.05) is 24.3 Å². The van der Waals surface area contributed by atoms with Gasteiger partial charge in [-0.2, -0.15) is 9.97 Å². The summed E-state index contributed by atoms with van der Waals surface area (Å²) in [4.78, 5) is 13.3. The fourth-order valence-electron chi connectivity index (χ4n) is 2.77. The summed E-state index contributed by atoms with van der Waals surface area (Å²) >= 11 is 0. The van der Waals surface area contributed by atoms with Crippen LogP contribution in [0.1, 0.15) is 22.4 Å². The molecule has 3 N–H and O–H groups in total. The molecule has 0 unspecified atom stereocenters. The number of methoxy groups -OCH3 is 1. The van der Waals surface area contributed by atoms with Crippen LogP contribution in [0.2, 0.25) is 0 Å². The lowest BCUT2D eigenvalue weighted by molar-refractivity contribution is 0.185. The normalized spacial score (nSPS) is 11.0. The Morgan fingerprint density at radius 1 is 1.08 bits per heavy atom. The topological polar surface area (TPSA) is 86.0 Å². The first-order valence-corrected chi connectivity index (χ1v) is 7.79. The number of fused-ring (bicyclic) bond motifs is 1. The number of hydrogen-bond donors (Lipinski definition) is 2. The molecular weight excluding hydrogens is 302 g/mol. The Morgan fingerprint density at radius 3 is 2.67 bits per heavy atom. The van der Waals surface area contributed by atoms with Gasteiger partial charge < -0.3 is 15.8 Å². The van der Waals surface area contributed by atoms with Gasteiger partial charge in [0.1, 0.15) is 5.82 Å². The minimum absolute atomic E-state index is 0.445. The van der Waals surface area contributed by atoms with Gasteiger partial charge in [-0.05, 0) is 36.6 Å². The van der Waals surface area contributed by atoms with Crippen molar-refractivity contribution in [3.8, 4) is 0 Å². The van der Waals surface area contributed by atoms with Gasteiger partial charge in [0.2, 0.25) is 5.95 Å². The van der Waals surface area contributed by atoms with Gasteiger partial charge in [0, 0.05) is 19.3 Å². The van der Waals surface area contributed by atoms with Crippen molar-refractivity contribution in [1.29, 1.82) is 0 Å². The second-order valence-electron chi connectivity index (χ2n) is 5.82. The average molecular weight is 323 g/mol. The van der Waals surface area contributed by atoms with E-state index in [0.29, 0.717) is 30.6 Å². The minimum atomic E-state index is 0.445. The van der Waals surface area contributed by atoms with Crippen LogP contribution in [-0.2, 0) is 17.9 Å². The Kier molecular flexibility index (Phi) is 4.57. The van der Waals surface area contributed by atoms with E-state index in [4.69, 9.17) is 10.5 Å². The Hall–Kier alpha value is -2.73. The van der Waals surface area contributed by atoms with Crippen molar-refractivity contribution >= 4 is 22.8 Å². The maximum absolute atomic E-state index is 6.09. The minimum Gasteiger partial charge on any atom is -0.383 e. The Labute approximate surface area is 141 Å². The van der Waals surface area contributed by atoms with Gasteiger partial charge in [0.05, 0.1) is 12.0 Å². The Bertz CT molecular complexity index is 879. The highest BCUT2D eigenvalue weighted by Crippen LogP contribution is 2.22. The molecule has 0 spiro atoms. The lowest BCUT2D eigenvalue weighted by atomic mass is 10.1. The van der Waals surface area contributed by atoms with Crippen LogP contribution in [0.4, 0.5) is 11.8 Å². The molecule has 0 radical (unpaired) electrons. The van der Waals surface area contributed by atoms with Crippen molar-refractivity contribution in [3.63, 3.8) is 0 Å². The number of hydrogen-bond acceptors (Lipinski definition) is 6. The molecule has 0 atom stereocenters. The summed E-state index contributed by atoms with van der Waals surface area (Å²) in [5.74, 6) is 0.926. The van der Waals surface area contributed by atoms with Crippen LogP contribution in [0, 0.1) is 13.8 Å². The zero-order chi connectivity index (χ0) is 17.1. The molecule has 124 valence electrons. The van der Waals surface area contributed by atoms with E-state index in [-0.39, 0.29) is 0 Å². The number of rotatable bonds is 5. The standard InChI is InChI=1S/C18H21N5O/c1-11-7-12(2)21-17-15(11)16(19)22-18(23-17)20-9-13-5-4-6-14(8-13)10-24-3/h4-8H,9-10H2,1-3H3,(H3,19,20,21,22,23). The fourth-order valence-corrected chi connectivity index (χ4v) is 2.77. The number of nitrogens with zero attached hydrogens (tertiary/aromatic N) is 3. The highest BCUT2D eigenvalue weighted by atomic mass is 16.5. The maximum atomic E-state index is 6.09. The first-order chi connectivity index (χ1) is 11.6. The zero-order valence-electron chi connectivity index (χ0n) is 14.1. The number of nitrogens with one attached hydrogen (secondary N) is 1. The second kappa shape index (κ2) is 6.80. The molecule has 24 heavy (non-hydrogen) atoms. The monoisotopic (exact) mass is 323 g/mol. The van der Waals surface area contributed by atoms with Crippen molar-refractivity contribution in [2.75, 3.05) is 18.2 Å². The Morgan fingerprint density at radius 2 is 1.88 bits per heavy atom. The third-order valence-electron chi connectivity index (χ3n) is 3.77. The van der Waals surface area contributed by atoms with Crippen molar-refractivity contribution < 1.29 is 4.74 Å². The van der Waals surface area contributed by atoms with E-state index in [1.807, 2.05) is 38.1 Å². The summed E-state index contributed by atoms with van der Waals surface area (Å²) in [5, 5.41) is 4.03. The molecule has 0 fully saturated rings. The van der Waals surface area contributed by atoms with E-state index in [1.165, 1.54) is 0 Å². The quantitative estimate of drug-likeness (QED) is 0.751. The molecule has 0 saturated carbocycles. The van der Waals surface area contributed by atoms with Gasteiger partial charge in [0.15, 0.2) is 5.65 Å². The predicted octanol–water partition coefficient (Wildman–Crippen LogP) is 2.98. The molecule has 2 heterocycles. The third-order valence-corrected chi connectivity index (χ3v) is 3.77.